The van der Waals surface area contributed by atoms with E-state index in [1.807, 2.05) is 0 Å². The number of hydrogen-bond acceptors (Lipinski definition) is 12. The zero-order chi connectivity index (χ0) is 47.1. The summed E-state index contributed by atoms with van der Waals surface area (Å²) in [7, 11) is -5.13. The second-order valence-corrected chi connectivity index (χ2v) is 18.0. The zero-order valence-corrected chi connectivity index (χ0v) is 39.9. The van der Waals surface area contributed by atoms with Crippen molar-refractivity contribution in [1.82, 2.24) is 0 Å². The maximum Gasteiger partial charge on any atom is 0.472 e. The minimum atomic E-state index is -5.13. The third kappa shape index (κ3) is 31.2. The van der Waals surface area contributed by atoms with E-state index in [2.05, 4.69) is 86.8 Å². The van der Waals surface area contributed by atoms with Gasteiger partial charge in [0.15, 0.2) is 6.10 Å². The Labute approximate surface area is 385 Å². The van der Waals surface area contributed by atoms with Crippen molar-refractivity contribution in [3.63, 3.8) is 0 Å². The second-order valence-electron chi connectivity index (χ2n) is 16.6. The number of carbonyl (C=O) groups is 2. The first kappa shape index (κ1) is 59.3. The topological polar surface area (TPSA) is 210 Å². The number of rotatable bonds is 39. The molecule has 1 rings (SSSR count). The van der Waals surface area contributed by atoms with Crippen molar-refractivity contribution in [2.45, 2.75) is 217 Å². The lowest BCUT2D eigenvalue weighted by molar-refractivity contribution is -0.220. The molecule has 6 N–H and O–H groups in total. The molecule has 1 aliphatic rings. The van der Waals surface area contributed by atoms with E-state index in [9.17, 15) is 44.6 Å². The molecule has 0 radical (unpaired) electrons. The molecule has 0 spiro atoms. The molecule has 0 aliphatic heterocycles. The van der Waals surface area contributed by atoms with Crippen LogP contribution >= 0.6 is 7.82 Å². The third-order valence-electron chi connectivity index (χ3n) is 10.8. The van der Waals surface area contributed by atoms with Crippen LogP contribution in [0.2, 0.25) is 0 Å². The minimum absolute atomic E-state index is 0.0634. The van der Waals surface area contributed by atoms with Crippen molar-refractivity contribution >= 4 is 19.8 Å². The molecule has 6 atom stereocenters. The number of hydrogen-bond donors (Lipinski definition) is 6. The van der Waals surface area contributed by atoms with Gasteiger partial charge < -0.3 is 39.9 Å². The average molecular weight is 925 g/mol. The van der Waals surface area contributed by atoms with E-state index in [0.717, 1.165) is 103 Å². The molecule has 0 saturated heterocycles. The highest BCUT2D eigenvalue weighted by atomic mass is 31.2. The quantitative estimate of drug-likeness (QED) is 0.0147. The van der Waals surface area contributed by atoms with Crippen LogP contribution in [0.25, 0.3) is 0 Å². The van der Waals surface area contributed by atoms with Crippen LogP contribution in [-0.4, -0.2) is 98.3 Å². The first-order valence-electron chi connectivity index (χ1n) is 24.2. The van der Waals surface area contributed by atoms with Crippen LogP contribution in [0.4, 0.5) is 0 Å². The Hall–Kier alpha value is -2.71. The fourth-order valence-electron chi connectivity index (χ4n) is 6.90. The van der Waals surface area contributed by atoms with E-state index in [-0.39, 0.29) is 12.8 Å². The normalized spacial score (nSPS) is 22.2. The fraction of sp³-hybridized carbons (Fsp3) is 0.720. The van der Waals surface area contributed by atoms with Crippen molar-refractivity contribution in [3.8, 4) is 0 Å². The Morgan fingerprint density at radius 3 is 1.36 bits per heavy atom. The summed E-state index contributed by atoms with van der Waals surface area (Å²) in [5.41, 5.74) is 0. The van der Waals surface area contributed by atoms with E-state index in [1.165, 1.54) is 32.1 Å². The van der Waals surface area contributed by atoms with Crippen LogP contribution < -0.4 is 0 Å². The van der Waals surface area contributed by atoms with Crippen molar-refractivity contribution < 1.29 is 63.1 Å². The van der Waals surface area contributed by atoms with Crippen LogP contribution in [0.1, 0.15) is 174 Å². The summed E-state index contributed by atoms with van der Waals surface area (Å²) in [6, 6.07) is 0. The number of allylic oxidation sites excluding steroid dienone is 12. The molecule has 0 aromatic heterocycles. The summed E-state index contributed by atoms with van der Waals surface area (Å²) in [5, 5.41) is 50.2. The standard InChI is InChI=1S/C50H85O13P/c1-3-5-7-9-11-13-15-17-19-21-23-24-26-28-30-32-34-36-38-43(51)60-40-42(41-61-64(58,59)63-50-48(56)46(54)45(53)47(55)49(50)57)62-44(52)39-37-35-33-31-29-27-25-22-20-18-16-14-12-10-8-6-4-2/h6,8,12-15,18-21,25,27,42,45-50,53-57H,3-5,7,9-11,16-17,22-24,26,28-41H2,1-2H3,(H,58,59)/b8-6-,14-12-,15-13-,20-18-,21-19-,27-25-. The molecule has 0 bridgehead atoms. The van der Waals surface area contributed by atoms with Crippen LogP contribution in [0.3, 0.4) is 0 Å². The van der Waals surface area contributed by atoms with Crippen molar-refractivity contribution in [3.05, 3.63) is 72.9 Å². The first-order chi connectivity index (χ1) is 30.9. The van der Waals surface area contributed by atoms with Gasteiger partial charge in [-0.1, -0.05) is 151 Å². The summed E-state index contributed by atoms with van der Waals surface area (Å²) in [4.78, 5) is 35.8. The number of aliphatic hydroxyl groups excluding tert-OH is 5. The summed E-state index contributed by atoms with van der Waals surface area (Å²) >= 11 is 0. The first-order valence-corrected chi connectivity index (χ1v) is 25.7. The molecule has 1 aliphatic carbocycles. The fourth-order valence-corrected chi connectivity index (χ4v) is 7.87. The molecule has 6 unspecified atom stereocenters. The number of ether oxygens (including phenoxy) is 2. The van der Waals surface area contributed by atoms with Crippen molar-refractivity contribution in [2.24, 2.45) is 0 Å². The second kappa shape index (κ2) is 39.5. The molecular formula is C50H85O13P. The van der Waals surface area contributed by atoms with E-state index < -0.39 is 75.7 Å². The van der Waals surface area contributed by atoms with Crippen LogP contribution in [0.5, 0.6) is 0 Å². The lowest BCUT2D eigenvalue weighted by Gasteiger charge is -2.41. The zero-order valence-electron chi connectivity index (χ0n) is 39.0. The van der Waals surface area contributed by atoms with Gasteiger partial charge in [-0.3, -0.25) is 18.6 Å². The number of aliphatic hydroxyl groups is 5. The van der Waals surface area contributed by atoms with Crippen LogP contribution in [0, 0.1) is 0 Å². The van der Waals surface area contributed by atoms with E-state index >= 15 is 0 Å². The summed E-state index contributed by atoms with van der Waals surface area (Å²) in [6.07, 6.45) is 36.6. The van der Waals surface area contributed by atoms with Gasteiger partial charge in [0, 0.05) is 12.8 Å². The molecule has 0 heterocycles. The molecule has 13 nitrogen and oxygen atoms in total. The summed E-state index contributed by atoms with van der Waals surface area (Å²) in [5.74, 6) is -1.14. The number of esters is 2. The smallest absolute Gasteiger partial charge is 0.462 e. The number of phosphoric acid groups is 1. The molecule has 0 amide bonds. The number of carbonyl (C=O) groups excluding carboxylic acids is 2. The summed E-state index contributed by atoms with van der Waals surface area (Å²) in [6.45, 7) is 3.14. The maximum absolute atomic E-state index is 12.8. The highest BCUT2D eigenvalue weighted by Crippen LogP contribution is 2.47. The highest BCUT2D eigenvalue weighted by molar-refractivity contribution is 7.47. The van der Waals surface area contributed by atoms with Gasteiger partial charge in [-0.25, -0.2) is 4.57 Å². The molecule has 368 valence electrons. The van der Waals surface area contributed by atoms with Gasteiger partial charge in [-0.05, 0) is 83.5 Å². The minimum Gasteiger partial charge on any atom is -0.462 e. The SMILES string of the molecule is CC/C=C\C/C=C\C/C=C\C/C=C\CCCCCCC(=O)OC(COC(=O)CCCCCCCCC/C=C\C/C=C\CCCCCC)COP(=O)(O)OC1C(O)C(O)C(O)C(O)C1O. The Balaban J connectivity index is 2.46. The van der Waals surface area contributed by atoms with Gasteiger partial charge in [0.1, 0.15) is 43.2 Å². The molecule has 1 saturated carbocycles. The molecule has 0 aromatic rings. The predicted molar refractivity (Wildman–Crippen MR) is 253 cm³/mol. The average Bonchev–Trinajstić information content (AvgIpc) is 3.28. The molecule has 14 heteroatoms. The van der Waals surface area contributed by atoms with Gasteiger partial charge in [0.25, 0.3) is 0 Å². The highest BCUT2D eigenvalue weighted by Gasteiger charge is 2.51. The third-order valence-corrected chi connectivity index (χ3v) is 11.8. The van der Waals surface area contributed by atoms with Gasteiger partial charge in [0.05, 0.1) is 6.61 Å². The van der Waals surface area contributed by atoms with Crippen LogP contribution in [-0.2, 0) is 32.7 Å². The largest absolute Gasteiger partial charge is 0.472 e. The van der Waals surface area contributed by atoms with Gasteiger partial charge in [-0.2, -0.15) is 0 Å². The van der Waals surface area contributed by atoms with Crippen molar-refractivity contribution in [1.29, 1.82) is 0 Å². The van der Waals surface area contributed by atoms with Gasteiger partial charge >= 0.3 is 19.8 Å². The molecule has 0 aromatic carbocycles. The Morgan fingerprint density at radius 1 is 0.500 bits per heavy atom. The van der Waals surface area contributed by atoms with Gasteiger partial charge in [-0.15, -0.1) is 0 Å². The number of phosphoric ester groups is 1. The van der Waals surface area contributed by atoms with Crippen LogP contribution in [0.15, 0.2) is 72.9 Å². The van der Waals surface area contributed by atoms with Crippen molar-refractivity contribution in [2.75, 3.05) is 13.2 Å². The lowest BCUT2D eigenvalue weighted by atomic mass is 9.85. The van der Waals surface area contributed by atoms with Gasteiger partial charge in [0.2, 0.25) is 0 Å². The van der Waals surface area contributed by atoms with E-state index in [0.29, 0.717) is 12.8 Å². The monoisotopic (exact) mass is 925 g/mol. The lowest BCUT2D eigenvalue weighted by Crippen LogP contribution is -2.64. The summed E-state index contributed by atoms with van der Waals surface area (Å²) < 4.78 is 33.6. The Morgan fingerprint density at radius 2 is 0.891 bits per heavy atom. The van der Waals surface area contributed by atoms with E-state index in [4.69, 9.17) is 18.5 Å². The molecule has 1 fully saturated rings. The molecular weight excluding hydrogens is 840 g/mol. The Kier molecular flexibility index (Phi) is 36.6. The van der Waals surface area contributed by atoms with E-state index in [1.54, 1.807) is 0 Å². The predicted octanol–water partition coefficient (Wildman–Crippen LogP) is 9.89. The molecule has 64 heavy (non-hydrogen) atoms. The maximum atomic E-state index is 12.8. The number of unbranched alkanes of at least 4 members (excludes halogenated alkanes) is 15. The Bertz CT molecular complexity index is 1390.